The van der Waals surface area contributed by atoms with Crippen LogP contribution in [0.15, 0.2) is 0 Å². The van der Waals surface area contributed by atoms with Gasteiger partial charge in [0.2, 0.25) is 0 Å². The topological polar surface area (TPSA) is 49.5 Å². The lowest BCUT2D eigenvalue weighted by Gasteiger charge is -2.38. The van der Waals surface area contributed by atoms with Gasteiger partial charge in [-0.25, -0.2) is 0 Å². The van der Waals surface area contributed by atoms with E-state index in [1.807, 2.05) is 0 Å². The van der Waals surface area contributed by atoms with Gasteiger partial charge in [-0.3, -0.25) is 4.90 Å². The molecule has 0 aromatic rings. The molecule has 0 heterocycles. The van der Waals surface area contributed by atoms with Gasteiger partial charge in [-0.2, -0.15) is 0 Å². The Kier molecular flexibility index (Phi) is 9.70. The van der Waals surface area contributed by atoms with E-state index in [9.17, 15) is 5.11 Å². The van der Waals surface area contributed by atoms with E-state index in [4.69, 9.17) is 5.73 Å². The molecule has 0 amide bonds. The molecule has 0 fully saturated rings. The second-order valence-corrected chi connectivity index (χ2v) is 6.08. The van der Waals surface area contributed by atoms with Crippen LogP contribution in [-0.2, 0) is 0 Å². The van der Waals surface area contributed by atoms with Crippen LogP contribution in [0, 0.1) is 5.92 Å². The normalized spacial score (nSPS) is 15.7. The maximum atomic E-state index is 9.66. The fourth-order valence-corrected chi connectivity index (χ4v) is 2.54. The van der Waals surface area contributed by atoms with Gasteiger partial charge in [0.1, 0.15) is 0 Å². The Morgan fingerprint density at radius 2 is 1.72 bits per heavy atom. The van der Waals surface area contributed by atoms with Gasteiger partial charge in [-0.05, 0) is 39.2 Å². The first-order chi connectivity index (χ1) is 8.43. The van der Waals surface area contributed by atoms with Crippen LogP contribution in [0.25, 0.3) is 0 Å². The minimum Gasteiger partial charge on any atom is -0.395 e. The summed E-state index contributed by atoms with van der Waals surface area (Å²) in [5.41, 5.74) is 6.27. The number of rotatable bonds is 10. The Bertz CT molecular complexity index is 195. The summed E-state index contributed by atoms with van der Waals surface area (Å²) >= 11 is 0. The van der Waals surface area contributed by atoms with Gasteiger partial charge in [0, 0.05) is 18.1 Å². The maximum absolute atomic E-state index is 9.66. The molecule has 0 spiro atoms. The standard InChI is InChI=1S/C15H34N2O/c1-6-7-8-9-17(13(4)5)15(11-18)14(16)10-12(2)3/h12-15,18H,6-11,16H2,1-5H3. The van der Waals surface area contributed by atoms with Crippen molar-refractivity contribution in [2.45, 2.75) is 78.4 Å². The van der Waals surface area contributed by atoms with E-state index in [0.29, 0.717) is 12.0 Å². The van der Waals surface area contributed by atoms with Crippen LogP contribution in [0.2, 0.25) is 0 Å². The summed E-state index contributed by atoms with van der Waals surface area (Å²) < 4.78 is 0. The summed E-state index contributed by atoms with van der Waals surface area (Å²) in [6.45, 7) is 12.2. The first kappa shape index (κ1) is 17.9. The van der Waals surface area contributed by atoms with E-state index in [2.05, 4.69) is 39.5 Å². The van der Waals surface area contributed by atoms with Gasteiger partial charge in [0.25, 0.3) is 0 Å². The number of hydrogen-bond donors (Lipinski definition) is 2. The number of unbranched alkanes of at least 4 members (excludes halogenated alkanes) is 2. The Labute approximate surface area is 114 Å². The second kappa shape index (κ2) is 9.76. The molecule has 2 atom stereocenters. The molecule has 0 aromatic heterocycles. The van der Waals surface area contributed by atoms with E-state index < -0.39 is 0 Å². The van der Waals surface area contributed by atoms with Crippen molar-refractivity contribution in [1.29, 1.82) is 0 Å². The molecular formula is C15H34N2O. The Hall–Kier alpha value is -0.120. The van der Waals surface area contributed by atoms with Crippen molar-refractivity contribution < 1.29 is 5.11 Å². The quantitative estimate of drug-likeness (QED) is 0.592. The molecule has 0 aliphatic rings. The third kappa shape index (κ3) is 6.72. The zero-order valence-electron chi connectivity index (χ0n) is 13.0. The lowest BCUT2D eigenvalue weighted by molar-refractivity contribution is 0.0718. The first-order valence-electron chi connectivity index (χ1n) is 7.56. The molecule has 0 rings (SSSR count). The number of nitrogens with zero attached hydrogens (tertiary/aromatic N) is 1. The number of hydrogen-bond acceptors (Lipinski definition) is 3. The molecular weight excluding hydrogens is 224 g/mol. The Morgan fingerprint density at radius 1 is 1.11 bits per heavy atom. The molecule has 3 heteroatoms. The van der Waals surface area contributed by atoms with Gasteiger partial charge in [0.15, 0.2) is 0 Å². The Balaban J connectivity index is 4.50. The summed E-state index contributed by atoms with van der Waals surface area (Å²) in [5.74, 6) is 0.582. The van der Waals surface area contributed by atoms with Gasteiger partial charge < -0.3 is 10.8 Å². The van der Waals surface area contributed by atoms with E-state index in [0.717, 1.165) is 13.0 Å². The van der Waals surface area contributed by atoms with Crippen molar-refractivity contribution in [3.8, 4) is 0 Å². The van der Waals surface area contributed by atoms with E-state index >= 15 is 0 Å². The largest absolute Gasteiger partial charge is 0.395 e. The van der Waals surface area contributed by atoms with Crippen molar-refractivity contribution >= 4 is 0 Å². The van der Waals surface area contributed by atoms with Crippen LogP contribution in [0.1, 0.15) is 60.3 Å². The van der Waals surface area contributed by atoms with Crippen LogP contribution in [0.3, 0.4) is 0 Å². The molecule has 18 heavy (non-hydrogen) atoms. The molecule has 0 aliphatic carbocycles. The molecule has 0 aromatic carbocycles. The fraction of sp³-hybridized carbons (Fsp3) is 1.00. The van der Waals surface area contributed by atoms with Crippen LogP contribution in [0.4, 0.5) is 0 Å². The van der Waals surface area contributed by atoms with Crippen LogP contribution >= 0.6 is 0 Å². The zero-order chi connectivity index (χ0) is 14.1. The van der Waals surface area contributed by atoms with Gasteiger partial charge in [-0.15, -0.1) is 0 Å². The summed E-state index contributed by atoms with van der Waals surface area (Å²) in [6, 6.07) is 0.612. The molecule has 0 bridgehead atoms. The average Bonchev–Trinajstić information content (AvgIpc) is 2.26. The minimum atomic E-state index is 0.0685. The lowest BCUT2D eigenvalue weighted by Crippen LogP contribution is -2.53. The number of aliphatic hydroxyl groups excluding tert-OH is 1. The second-order valence-electron chi connectivity index (χ2n) is 6.08. The highest BCUT2D eigenvalue weighted by molar-refractivity contribution is 4.84. The highest BCUT2D eigenvalue weighted by Crippen LogP contribution is 2.15. The molecule has 2 unspecified atom stereocenters. The monoisotopic (exact) mass is 258 g/mol. The minimum absolute atomic E-state index is 0.0685. The van der Waals surface area contributed by atoms with Crippen molar-refractivity contribution in [3.05, 3.63) is 0 Å². The molecule has 110 valence electrons. The highest BCUT2D eigenvalue weighted by Gasteiger charge is 2.26. The van der Waals surface area contributed by atoms with Crippen LogP contribution in [0.5, 0.6) is 0 Å². The predicted molar refractivity (Wildman–Crippen MR) is 79.7 cm³/mol. The lowest BCUT2D eigenvalue weighted by atomic mass is 9.96. The van der Waals surface area contributed by atoms with Crippen molar-refractivity contribution in [2.75, 3.05) is 13.2 Å². The molecule has 3 N–H and O–H groups in total. The third-order valence-electron chi connectivity index (χ3n) is 3.53. The van der Waals surface area contributed by atoms with Gasteiger partial charge >= 0.3 is 0 Å². The molecule has 0 radical (unpaired) electrons. The van der Waals surface area contributed by atoms with Crippen LogP contribution < -0.4 is 5.73 Å². The summed E-state index contributed by atoms with van der Waals surface area (Å²) in [5, 5.41) is 9.66. The van der Waals surface area contributed by atoms with Crippen LogP contribution in [-0.4, -0.2) is 41.3 Å². The smallest absolute Gasteiger partial charge is 0.0602 e. The van der Waals surface area contributed by atoms with E-state index in [-0.39, 0.29) is 18.7 Å². The summed E-state index contributed by atoms with van der Waals surface area (Å²) in [4.78, 5) is 2.38. The first-order valence-corrected chi connectivity index (χ1v) is 7.56. The van der Waals surface area contributed by atoms with E-state index in [1.165, 1.54) is 19.3 Å². The SMILES string of the molecule is CCCCCN(C(C)C)C(CO)C(N)CC(C)C. The third-order valence-corrected chi connectivity index (χ3v) is 3.53. The van der Waals surface area contributed by atoms with Crippen molar-refractivity contribution in [3.63, 3.8) is 0 Å². The highest BCUT2D eigenvalue weighted by atomic mass is 16.3. The van der Waals surface area contributed by atoms with E-state index in [1.54, 1.807) is 0 Å². The number of nitrogens with two attached hydrogens (primary N) is 1. The van der Waals surface area contributed by atoms with Crippen molar-refractivity contribution in [2.24, 2.45) is 11.7 Å². The van der Waals surface area contributed by atoms with Crippen molar-refractivity contribution in [1.82, 2.24) is 4.90 Å². The molecule has 0 saturated carbocycles. The zero-order valence-corrected chi connectivity index (χ0v) is 13.0. The molecule has 0 saturated heterocycles. The fourth-order valence-electron chi connectivity index (χ4n) is 2.54. The van der Waals surface area contributed by atoms with Gasteiger partial charge in [0.05, 0.1) is 6.61 Å². The maximum Gasteiger partial charge on any atom is 0.0602 e. The summed E-state index contributed by atoms with van der Waals surface area (Å²) in [7, 11) is 0. The number of aliphatic hydroxyl groups is 1. The Morgan fingerprint density at radius 3 is 2.11 bits per heavy atom. The predicted octanol–water partition coefficient (Wildman–Crippen LogP) is 2.62. The average molecular weight is 258 g/mol. The van der Waals surface area contributed by atoms with Gasteiger partial charge in [-0.1, -0.05) is 33.6 Å². The molecule has 3 nitrogen and oxygen atoms in total. The summed E-state index contributed by atoms with van der Waals surface area (Å²) in [6.07, 6.45) is 4.65. The molecule has 0 aliphatic heterocycles.